The van der Waals surface area contributed by atoms with Crippen LogP contribution < -0.4 is 5.32 Å². The zero-order valence-electron chi connectivity index (χ0n) is 12.2. The maximum absolute atomic E-state index is 13.1. The Morgan fingerprint density at radius 3 is 2.58 bits per heavy atom. The Morgan fingerprint density at radius 2 is 2.05 bits per heavy atom. The standard InChI is InChI=1S/C15H23FN2O/c1-5-18(14(19)10-17-15(2,3)4)11-12-7-6-8-13(16)9-12/h6-9,17H,5,10-11H2,1-4H3. The molecule has 1 N–H and O–H groups in total. The van der Waals surface area contributed by atoms with E-state index >= 15 is 0 Å². The van der Waals surface area contributed by atoms with Gasteiger partial charge in [0.2, 0.25) is 5.91 Å². The fraction of sp³-hybridized carbons (Fsp3) is 0.533. The molecule has 0 aliphatic carbocycles. The van der Waals surface area contributed by atoms with Crippen molar-refractivity contribution in [3.8, 4) is 0 Å². The molecule has 0 unspecified atom stereocenters. The normalized spacial score (nSPS) is 11.4. The highest BCUT2D eigenvalue weighted by atomic mass is 19.1. The van der Waals surface area contributed by atoms with Crippen LogP contribution in [0.1, 0.15) is 33.3 Å². The lowest BCUT2D eigenvalue weighted by Crippen LogP contribution is -2.44. The second kappa shape index (κ2) is 6.66. The van der Waals surface area contributed by atoms with Gasteiger partial charge in [-0.15, -0.1) is 0 Å². The van der Waals surface area contributed by atoms with Crippen molar-refractivity contribution in [2.24, 2.45) is 0 Å². The summed E-state index contributed by atoms with van der Waals surface area (Å²) in [7, 11) is 0. The number of amides is 1. The van der Waals surface area contributed by atoms with Crippen LogP contribution in [0.2, 0.25) is 0 Å². The fourth-order valence-corrected chi connectivity index (χ4v) is 1.68. The minimum atomic E-state index is -0.270. The molecule has 1 aromatic carbocycles. The van der Waals surface area contributed by atoms with Gasteiger partial charge in [-0.25, -0.2) is 4.39 Å². The van der Waals surface area contributed by atoms with Gasteiger partial charge in [0.05, 0.1) is 6.54 Å². The quantitative estimate of drug-likeness (QED) is 0.888. The third-order valence-corrected chi connectivity index (χ3v) is 2.77. The molecule has 0 fully saturated rings. The largest absolute Gasteiger partial charge is 0.338 e. The van der Waals surface area contributed by atoms with Gasteiger partial charge in [0.1, 0.15) is 5.82 Å². The van der Waals surface area contributed by atoms with Crippen molar-refractivity contribution in [1.82, 2.24) is 10.2 Å². The van der Waals surface area contributed by atoms with Crippen LogP contribution in [0.15, 0.2) is 24.3 Å². The van der Waals surface area contributed by atoms with Crippen LogP contribution in [-0.4, -0.2) is 29.4 Å². The molecule has 0 bridgehead atoms. The third-order valence-electron chi connectivity index (χ3n) is 2.77. The van der Waals surface area contributed by atoms with Crippen molar-refractivity contribution in [1.29, 1.82) is 0 Å². The molecule has 19 heavy (non-hydrogen) atoms. The van der Waals surface area contributed by atoms with E-state index in [4.69, 9.17) is 0 Å². The van der Waals surface area contributed by atoms with Crippen LogP contribution >= 0.6 is 0 Å². The van der Waals surface area contributed by atoms with Crippen molar-refractivity contribution in [3.05, 3.63) is 35.6 Å². The summed E-state index contributed by atoms with van der Waals surface area (Å²) >= 11 is 0. The fourth-order valence-electron chi connectivity index (χ4n) is 1.68. The van der Waals surface area contributed by atoms with E-state index in [-0.39, 0.29) is 17.3 Å². The molecule has 3 nitrogen and oxygen atoms in total. The number of rotatable bonds is 5. The maximum Gasteiger partial charge on any atom is 0.236 e. The van der Waals surface area contributed by atoms with Gasteiger partial charge in [0.15, 0.2) is 0 Å². The molecule has 0 aliphatic heterocycles. The highest BCUT2D eigenvalue weighted by Gasteiger charge is 2.16. The van der Waals surface area contributed by atoms with Gasteiger partial charge >= 0.3 is 0 Å². The van der Waals surface area contributed by atoms with Gasteiger partial charge in [-0.1, -0.05) is 12.1 Å². The third kappa shape index (κ3) is 5.83. The number of benzene rings is 1. The van der Waals surface area contributed by atoms with Gasteiger partial charge in [0.25, 0.3) is 0 Å². The van der Waals surface area contributed by atoms with Gasteiger partial charge in [-0.2, -0.15) is 0 Å². The van der Waals surface area contributed by atoms with E-state index in [9.17, 15) is 9.18 Å². The van der Waals surface area contributed by atoms with Gasteiger partial charge in [-0.05, 0) is 45.4 Å². The summed E-state index contributed by atoms with van der Waals surface area (Å²) in [5.74, 6) is -0.240. The zero-order chi connectivity index (χ0) is 14.5. The van der Waals surface area contributed by atoms with Crippen LogP contribution in [0.25, 0.3) is 0 Å². The molecule has 4 heteroatoms. The SMILES string of the molecule is CCN(Cc1cccc(F)c1)C(=O)CNC(C)(C)C. The first-order valence-corrected chi connectivity index (χ1v) is 6.59. The molecule has 0 radical (unpaired) electrons. The molecule has 106 valence electrons. The number of likely N-dealkylation sites (N-methyl/N-ethyl adjacent to an activating group) is 1. The maximum atomic E-state index is 13.1. The minimum absolute atomic E-state index is 0.0293. The molecular weight excluding hydrogens is 243 g/mol. The van der Waals surface area contributed by atoms with Crippen molar-refractivity contribution in [2.45, 2.75) is 39.8 Å². The zero-order valence-corrected chi connectivity index (χ0v) is 12.2. The van der Waals surface area contributed by atoms with Crippen molar-refractivity contribution < 1.29 is 9.18 Å². The van der Waals surface area contributed by atoms with E-state index in [2.05, 4.69) is 5.32 Å². The Bertz CT molecular complexity index is 426. The lowest BCUT2D eigenvalue weighted by atomic mass is 10.1. The topological polar surface area (TPSA) is 32.3 Å². The molecule has 0 saturated carbocycles. The second-order valence-corrected chi connectivity index (χ2v) is 5.64. The van der Waals surface area contributed by atoms with Crippen LogP contribution in [-0.2, 0) is 11.3 Å². The molecule has 1 aromatic rings. The number of halogens is 1. The summed E-state index contributed by atoms with van der Waals surface area (Å²) in [6.07, 6.45) is 0. The highest BCUT2D eigenvalue weighted by molar-refractivity contribution is 5.78. The van der Waals surface area contributed by atoms with Crippen LogP contribution in [0, 0.1) is 5.82 Å². The van der Waals surface area contributed by atoms with Crippen molar-refractivity contribution >= 4 is 5.91 Å². The Morgan fingerprint density at radius 1 is 1.37 bits per heavy atom. The van der Waals surface area contributed by atoms with E-state index in [1.807, 2.05) is 33.8 Å². The molecule has 0 atom stereocenters. The van der Waals surface area contributed by atoms with E-state index in [1.165, 1.54) is 12.1 Å². The number of nitrogens with one attached hydrogen (secondary N) is 1. The summed E-state index contributed by atoms with van der Waals surface area (Å²) in [5.41, 5.74) is 0.722. The lowest BCUT2D eigenvalue weighted by Gasteiger charge is -2.25. The monoisotopic (exact) mass is 266 g/mol. The number of carbonyl (C=O) groups excluding carboxylic acids is 1. The van der Waals surface area contributed by atoms with E-state index in [0.29, 0.717) is 19.6 Å². The summed E-state index contributed by atoms with van der Waals surface area (Å²) < 4.78 is 13.1. The number of carbonyl (C=O) groups is 1. The summed E-state index contributed by atoms with van der Waals surface area (Å²) in [4.78, 5) is 13.8. The molecule has 0 saturated heterocycles. The lowest BCUT2D eigenvalue weighted by molar-refractivity contribution is -0.130. The van der Waals surface area contributed by atoms with Crippen LogP contribution in [0.5, 0.6) is 0 Å². The highest BCUT2D eigenvalue weighted by Crippen LogP contribution is 2.08. The second-order valence-electron chi connectivity index (χ2n) is 5.64. The predicted molar refractivity (Wildman–Crippen MR) is 75.2 cm³/mol. The number of nitrogens with zero attached hydrogens (tertiary/aromatic N) is 1. The van der Waals surface area contributed by atoms with Crippen molar-refractivity contribution in [2.75, 3.05) is 13.1 Å². The minimum Gasteiger partial charge on any atom is -0.338 e. The van der Waals surface area contributed by atoms with Crippen LogP contribution in [0.3, 0.4) is 0 Å². The number of hydrogen-bond acceptors (Lipinski definition) is 2. The molecule has 0 heterocycles. The summed E-state index contributed by atoms with van der Waals surface area (Å²) in [6, 6.07) is 6.36. The number of hydrogen-bond donors (Lipinski definition) is 1. The average molecular weight is 266 g/mol. The molecular formula is C15H23FN2O. The first-order valence-electron chi connectivity index (χ1n) is 6.59. The average Bonchev–Trinajstić information content (AvgIpc) is 2.32. The Labute approximate surface area is 114 Å². The first kappa shape index (κ1) is 15.6. The molecule has 0 aliphatic rings. The smallest absolute Gasteiger partial charge is 0.236 e. The van der Waals surface area contributed by atoms with Gasteiger partial charge in [-0.3, -0.25) is 4.79 Å². The first-order chi connectivity index (χ1) is 8.81. The summed E-state index contributed by atoms with van der Waals surface area (Å²) in [5, 5.41) is 3.17. The van der Waals surface area contributed by atoms with Crippen LogP contribution in [0.4, 0.5) is 4.39 Å². The summed E-state index contributed by atoms with van der Waals surface area (Å²) in [6.45, 7) is 9.33. The van der Waals surface area contributed by atoms with E-state index < -0.39 is 0 Å². The van der Waals surface area contributed by atoms with Crippen molar-refractivity contribution in [3.63, 3.8) is 0 Å². The Kier molecular flexibility index (Phi) is 5.48. The molecule has 0 spiro atoms. The molecule has 1 amide bonds. The Hall–Kier alpha value is -1.42. The Balaban J connectivity index is 2.60. The van der Waals surface area contributed by atoms with E-state index in [0.717, 1.165) is 5.56 Å². The molecule has 1 rings (SSSR count). The van der Waals surface area contributed by atoms with Gasteiger partial charge in [0, 0.05) is 18.6 Å². The predicted octanol–water partition coefficient (Wildman–Crippen LogP) is 2.56. The molecule has 0 aromatic heterocycles. The van der Waals surface area contributed by atoms with Gasteiger partial charge < -0.3 is 10.2 Å². The van der Waals surface area contributed by atoms with E-state index in [1.54, 1.807) is 11.0 Å².